The lowest BCUT2D eigenvalue weighted by atomic mass is 10.1. The van der Waals surface area contributed by atoms with Gasteiger partial charge in [-0.1, -0.05) is 18.2 Å². The van der Waals surface area contributed by atoms with Crippen LogP contribution in [0.4, 0.5) is 11.4 Å². The van der Waals surface area contributed by atoms with Crippen molar-refractivity contribution < 1.29 is 4.79 Å². The third-order valence-electron chi connectivity index (χ3n) is 5.16. The van der Waals surface area contributed by atoms with Crippen LogP contribution in [0.3, 0.4) is 0 Å². The second-order valence-electron chi connectivity index (χ2n) is 8.26. The molecule has 33 heavy (non-hydrogen) atoms. The second-order valence-corrected chi connectivity index (χ2v) is 8.26. The molecule has 2 heterocycles. The maximum absolute atomic E-state index is 12.9. The van der Waals surface area contributed by atoms with Crippen LogP contribution in [0.25, 0.3) is 23.1 Å². The van der Waals surface area contributed by atoms with Gasteiger partial charge in [0.2, 0.25) is 0 Å². The Hall–Kier alpha value is -3.97. The van der Waals surface area contributed by atoms with Crippen LogP contribution in [0.2, 0.25) is 0 Å². The predicted octanol–water partition coefficient (Wildman–Crippen LogP) is 4.55. The highest BCUT2D eigenvalue weighted by Crippen LogP contribution is 2.26. The molecule has 168 valence electrons. The summed E-state index contributed by atoms with van der Waals surface area (Å²) in [5.41, 5.74) is 4.85. The Morgan fingerprint density at radius 2 is 1.91 bits per heavy atom. The Morgan fingerprint density at radius 1 is 1.09 bits per heavy atom. The Balaban J connectivity index is 1.52. The first-order chi connectivity index (χ1) is 16.0. The average molecular weight is 441 g/mol. The van der Waals surface area contributed by atoms with Crippen LogP contribution in [0.5, 0.6) is 0 Å². The first-order valence-corrected chi connectivity index (χ1v) is 10.9. The third kappa shape index (κ3) is 5.64. The van der Waals surface area contributed by atoms with Crippen LogP contribution in [0.1, 0.15) is 28.7 Å². The molecule has 1 amide bonds. The van der Waals surface area contributed by atoms with Crippen molar-refractivity contribution in [2.45, 2.75) is 13.0 Å². The second kappa shape index (κ2) is 10.1. The molecule has 1 unspecified atom stereocenters. The normalized spacial score (nSPS) is 12.4. The zero-order valence-corrected chi connectivity index (χ0v) is 19.0. The lowest BCUT2D eigenvalue weighted by molar-refractivity contribution is 0.0935. The van der Waals surface area contributed by atoms with E-state index in [4.69, 9.17) is 0 Å². The van der Waals surface area contributed by atoms with Gasteiger partial charge in [-0.25, -0.2) is 0 Å². The molecule has 4 rings (SSSR count). The minimum atomic E-state index is -0.1000. The molecule has 2 aromatic carbocycles. The van der Waals surface area contributed by atoms with E-state index in [9.17, 15) is 4.79 Å². The van der Waals surface area contributed by atoms with Crippen LogP contribution in [-0.2, 0) is 0 Å². The number of carbonyl (C=O) groups is 1. The number of hydrogen-bond donors (Lipinski definition) is 3. The van der Waals surface area contributed by atoms with Gasteiger partial charge in [-0.2, -0.15) is 5.10 Å². The number of nitrogens with one attached hydrogen (secondary N) is 3. The fourth-order valence-electron chi connectivity index (χ4n) is 3.72. The molecule has 0 saturated carbocycles. The number of aromatic amines is 1. The van der Waals surface area contributed by atoms with Gasteiger partial charge in [0.1, 0.15) is 0 Å². The number of likely N-dealkylation sites (N-methyl/N-ethyl adjacent to an activating group) is 1. The molecule has 0 aliphatic carbocycles. The highest BCUT2D eigenvalue weighted by Gasteiger charge is 2.14. The molecule has 4 aromatic rings. The van der Waals surface area contributed by atoms with Crippen molar-refractivity contribution in [2.75, 3.05) is 26.0 Å². The van der Waals surface area contributed by atoms with E-state index in [2.05, 4.69) is 30.7 Å². The van der Waals surface area contributed by atoms with Crippen LogP contribution < -0.4 is 10.6 Å². The van der Waals surface area contributed by atoms with Crippen LogP contribution in [0.15, 0.2) is 66.9 Å². The molecular weight excluding hydrogens is 412 g/mol. The molecule has 3 N–H and O–H groups in total. The number of amides is 1. The molecule has 0 aliphatic heterocycles. The van der Waals surface area contributed by atoms with Gasteiger partial charge in [-0.3, -0.25) is 14.9 Å². The van der Waals surface area contributed by atoms with Gasteiger partial charge < -0.3 is 15.5 Å². The third-order valence-corrected chi connectivity index (χ3v) is 5.16. The number of fused-ring (bicyclic) bond motifs is 1. The van der Waals surface area contributed by atoms with E-state index in [1.807, 2.05) is 93.8 Å². The molecule has 1 atom stereocenters. The van der Waals surface area contributed by atoms with E-state index in [1.165, 1.54) is 0 Å². The van der Waals surface area contributed by atoms with Crippen LogP contribution >= 0.6 is 0 Å². The molecule has 0 aliphatic rings. The number of hydrogen-bond acceptors (Lipinski definition) is 5. The Labute approximate surface area is 193 Å². The van der Waals surface area contributed by atoms with Gasteiger partial charge >= 0.3 is 0 Å². The topological polar surface area (TPSA) is 85.9 Å². The summed E-state index contributed by atoms with van der Waals surface area (Å²) in [5.74, 6) is -0.1000. The molecule has 0 fully saturated rings. The van der Waals surface area contributed by atoms with Gasteiger partial charge in [-0.05, 0) is 75.6 Å². The quantitative estimate of drug-likeness (QED) is 0.374. The summed E-state index contributed by atoms with van der Waals surface area (Å²) in [6.45, 7) is 2.77. The van der Waals surface area contributed by atoms with Crippen molar-refractivity contribution in [2.24, 2.45) is 0 Å². The summed E-state index contributed by atoms with van der Waals surface area (Å²) in [6, 6.07) is 19.3. The number of anilines is 2. The highest BCUT2D eigenvalue weighted by molar-refractivity contribution is 6.01. The molecular formula is C26H28N6O. The Kier molecular flexibility index (Phi) is 6.80. The Morgan fingerprint density at radius 3 is 2.70 bits per heavy atom. The lowest BCUT2D eigenvalue weighted by Crippen LogP contribution is -2.39. The largest absolute Gasteiger partial charge is 0.355 e. The van der Waals surface area contributed by atoms with Crippen molar-refractivity contribution >= 4 is 40.3 Å². The number of H-pyrrole nitrogens is 1. The SMILES string of the molecule is CC(CN(C)C)NC(=O)c1ccccc1Nc1ccc2c(/C=C/c3ccccn3)n[nH]c2c1. The summed E-state index contributed by atoms with van der Waals surface area (Å²) in [4.78, 5) is 19.2. The maximum Gasteiger partial charge on any atom is 0.253 e. The molecule has 0 bridgehead atoms. The minimum absolute atomic E-state index is 0.0412. The number of pyridine rings is 1. The van der Waals surface area contributed by atoms with E-state index in [-0.39, 0.29) is 11.9 Å². The standard InChI is InChI=1S/C26H28N6O/c1-18(17-32(2)3)28-26(33)22-9-4-5-10-23(22)29-20-11-13-21-24(30-31-25(21)16-20)14-12-19-8-6-7-15-27-19/h4-16,18,29H,17H2,1-3H3,(H,28,33)(H,30,31)/b14-12+. The van der Waals surface area contributed by atoms with Crippen molar-refractivity contribution in [3.05, 3.63) is 83.8 Å². The summed E-state index contributed by atoms with van der Waals surface area (Å²) >= 11 is 0. The molecule has 0 radical (unpaired) electrons. The van der Waals surface area contributed by atoms with Crippen molar-refractivity contribution in [3.8, 4) is 0 Å². The monoisotopic (exact) mass is 440 g/mol. The summed E-state index contributed by atoms with van der Waals surface area (Å²) in [7, 11) is 3.98. The Bertz CT molecular complexity index is 1260. The van der Waals surface area contributed by atoms with Gasteiger partial charge in [0.05, 0.1) is 28.2 Å². The molecule has 7 nitrogen and oxygen atoms in total. The van der Waals surface area contributed by atoms with Crippen molar-refractivity contribution in [1.82, 2.24) is 25.4 Å². The fourth-order valence-corrected chi connectivity index (χ4v) is 3.72. The maximum atomic E-state index is 12.9. The minimum Gasteiger partial charge on any atom is -0.355 e. The summed E-state index contributed by atoms with van der Waals surface area (Å²) < 4.78 is 0. The number of para-hydroxylation sites is 1. The molecule has 2 aromatic heterocycles. The molecule has 0 spiro atoms. The smallest absolute Gasteiger partial charge is 0.253 e. The number of carbonyl (C=O) groups excluding carboxylic acids is 1. The highest BCUT2D eigenvalue weighted by atomic mass is 16.1. The van der Waals surface area contributed by atoms with Crippen LogP contribution in [0, 0.1) is 0 Å². The van der Waals surface area contributed by atoms with Gasteiger partial charge in [0.15, 0.2) is 0 Å². The van der Waals surface area contributed by atoms with E-state index in [1.54, 1.807) is 6.20 Å². The average Bonchev–Trinajstić information content (AvgIpc) is 3.20. The zero-order valence-electron chi connectivity index (χ0n) is 19.0. The van der Waals surface area contributed by atoms with E-state index < -0.39 is 0 Å². The van der Waals surface area contributed by atoms with E-state index in [0.717, 1.165) is 40.2 Å². The molecule has 7 heteroatoms. The van der Waals surface area contributed by atoms with E-state index >= 15 is 0 Å². The first kappa shape index (κ1) is 22.2. The fraction of sp³-hybridized carbons (Fsp3) is 0.192. The summed E-state index contributed by atoms with van der Waals surface area (Å²) in [5, 5.41) is 15.0. The van der Waals surface area contributed by atoms with Gasteiger partial charge in [-0.15, -0.1) is 0 Å². The molecule has 0 saturated heterocycles. The van der Waals surface area contributed by atoms with E-state index in [0.29, 0.717) is 5.56 Å². The number of aromatic nitrogens is 3. The number of rotatable bonds is 8. The van der Waals surface area contributed by atoms with Crippen molar-refractivity contribution in [1.29, 1.82) is 0 Å². The summed E-state index contributed by atoms with van der Waals surface area (Å²) in [6.07, 6.45) is 5.65. The number of nitrogens with zero attached hydrogens (tertiary/aromatic N) is 3. The zero-order chi connectivity index (χ0) is 23.2. The van der Waals surface area contributed by atoms with Gasteiger partial charge in [0, 0.05) is 29.9 Å². The number of benzene rings is 2. The first-order valence-electron chi connectivity index (χ1n) is 10.9. The van der Waals surface area contributed by atoms with Crippen LogP contribution in [-0.4, -0.2) is 52.7 Å². The van der Waals surface area contributed by atoms with Crippen molar-refractivity contribution in [3.63, 3.8) is 0 Å². The predicted molar refractivity (Wildman–Crippen MR) is 134 cm³/mol. The van der Waals surface area contributed by atoms with Gasteiger partial charge in [0.25, 0.3) is 5.91 Å². The lowest BCUT2D eigenvalue weighted by Gasteiger charge is -2.19.